The summed E-state index contributed by atoms with van der Waals surface area (Å²) in [5.41, 5.74) is 5.49. The van der Waals surface area contributed by atoms with Crippen molar-refractivity contribution in [3.63, 3.8) is 0 Å². The normalized spacial score (nSPS) is 19.9. The molecule has 1 aliphatic heterocycles. The molecule has 1 aromatic rings. The van der Waals surface area contributed by atoms with E-state index in [0.29, 0.717) is 0 Å². The number of nitrogen functional groups attached to an aromatic ring is 1. The van der Waals surface area contributed by atoms with Crippen molar-refractivity contribution >= 4 is 11.8 Å². The molecule has 1 fully saturated rings. The van der Waals surface area contributed by atoms with Crippen LogP contribution in [0.3, 0.4) is 0 Å². The van der Waals surface area contributed by atoms with Gasteiger partial charge in [0.2, 0.25) is 5.95 Å². The van der Waals surface area contributed by atoms with Gasteiger partial charge in [0, 0.05) is 19.2 Å². The maximum atomic E-state index is 13.6. The first kappa shape index (κ1) is 12.0. The fraction of sp³-hybridized carbons (Fsp3) is 0.636. The Morgan fingerprint density at radius 3 is 3.18 bits per heavy atom. The minimum Gasteiger partial charge on any atom is -0.396 e. The zero-order valence-electron chi connectivity index (χ0n) is 9.64. The zero-order valence-corrected chi connectivity index (χ0v) is 9.64. The van der Waals surface area contributed by atoms with E-state index < -0.39 is 5.82 Å². The molecule has 0 bridgehead atoms. The van der Waals surface area contributed by atoms with E-state index in [9.17, 15) is 4.39 Å². The molecule has 2 rings (SSSR count). The molecular formula is C11H17FN4O. The monoisotopic (exact) mass is 240 g/mol. The Morgan fingerprint density at radius 2 is 2.41 bits per heavy atom. The lowest BCUT2D eigenvalue weighted by atomic mass is 10.1. The summed E-state index contributed by atoms with van der Waals surface area (Å²) in [5.74, 6) is -0.0535. The van der Waals surface area contributed by atoms with Crippen molar-refractivity contribution in [2.24, 2.45) is 0 Å². The van der Waals surface area contributed by atoms with Gasteiger partial charge >= 0.3 is 0 Å². The Labute approximate surface area is 99.5 Å². The molecule has 0 aliphatic carbocycles. The largest absolute Gasteiger partial charge is 0.396 e. The van der Waals surface area contributed by atoms with E-state index in [2.05, 4.69) is 9.97 Å². The van der Waals surface area contributed by atoms with Crippen LogP contribution in [0.25, 0.3) is 0 Å². The quantitative estimate of drug-likeness (QED) is 0.819. The molecule has 0 saturated carbocycles. The van der Waals surface area contributed by atoms with Gasteiger partial charge in [-0.25, -0.2) is 9.37 Å². The first-order valence-electron chi connectivity index (χ1n) is 5.88. The lowest BCUT2D eigenvalue weighted by molar-refractivity contribution is 0.279. The summed E-state index contributed by atoms with van der Waals surface area (Å²) in [6.45, 7) is 0.947. The number of rotatable bonds is 4. The molecule has 5 nitrogen and oxygen atoms in total. The number of nitrogens with two attached hydrogens (primary N) is 1. The van der Waals surface area contributed by atoms with Gasteiger partial charge < -0.3 is 15.7 Å². The van der Waals surface area contributed by atoms with E-state index in [-0.39, 0.29) is 24.4 Å². The number of halogens is 1. The zero-order chi connectivity index (χ0) is 12.3. The van der Waals surface area contributed by atoms with E-state index in [1.807, 2.05) is 4.90 Å². The molecule has 94 valence electrons. The SMILES string of the molecule is Nc1ncc(F)c(N2CCCC2CCCO)n1. The van der Waals surface area contributed by atoms with Gasteiger partial charge in [0.05, 0.1) is 6.20 Å². The molecule has 0 aromatic carbocycles. The fourth-order valence-corrected chi connectivity index (χ4v) is 2.31. The van der Waals surface area contributed by atoms with Crippen LogP contribution in [0.1, 0.15) is 25.7 Å². The number of anilines is 2. The Morgan fingerprint density at radius 1 is 1.59 bits per heavy atom. The van der Waals surface area contributed by atoms with Crippen LogP contribution >= 0.6 is 0 Å². The molecule has 17 heavy (non-hydrogen) atoms. The van der Waals surface area contributed by atoms with E-state index in [0.717, 1.165) is 38.4 Å². The van der Waals surface area contributed by atoms with Crippen LogP contribution in [0.5, 0.6) is 0 Å². The molecule has 3 N–H and O–H groups in total. The van der Waals surface area contributed by atoms with Crippen molar-refractivity contribution in [2.75, 3.05) is 23.8 Å². The van der Waals surface area contributed by atoms with E-state index in [1.165, 1.54) is 0 Å². The second-order valence-corrected chi connectivity index (χ2v) is 4.26. The van der Waals surface area contributed by atoms with Crippen LogP contribution < -0.4 is 10.6 Å². The van der Waals surface area contributed by atoms with Gasteiger partial charge in [0.15, 0.2) is 11.6 Å². The smallest absolute Gasteiger partial charge is 0.222 e. The van der Waals surface area contributed by atoms with Crippen LogP contribution in [0.2, 0.25) is 0 Å². The lowest BCUT2D eigenvalue weighted by Gasteiger charge is -2.25. The number of aliphatic hydroxyl groups is 1. The van der Waals surface area contributed by atoms with Gasteiger partial charge in [-0.15, -0.1) is 0 Å². The summed E-state index contributed by atoms with van der Waals surface area (Å²) in [4.78, 5) is 9.52. The van der Waals surface area contributed by atoms with Crippen molar-refractivity contribution < 1.29 is 9.50 Å². The third kappa shape index (κ3) is 2.63. The molecule has 0 radical (unpaired) electrons. The van der Waals surface area contributed by atoms with Gasteiger partial charge in [-0.05, 0) is 25.7 Å². The molecule has 1 saturated heterocycles. The Balaban J connectivity index is 2.16. The average molecular weight is 240 g/mol. The molecule has 1 atom stereocenters. The van der Waals surface area contributed by atoms with Crippen molar-refractivity contribution in [3.8, 4) is 0 Å². The number of hydrogen-bond acceptors (Lipinski definition) is 5. The highest BCUT2D eigenvalue weighted by Gasteiger charge is 2.27. The van der Waals surface area contributed by atoms with Gasteiger partial charge in [0.25, 0.3) is 0 Å². The topological polar surface area (TPSA) is 75.3 Å². The van der Waals surface area contributed by atoms with Crippen LogP contribution in [-0.4, -0.2) is 34.3 Å². The van der Waals surface area contributed by atoms with Gasteiger partial charge in [-0.1, -0.05) is 0 Å². The summed E-state index contributed by atoms with van der Waals surface area (Å²) in [5, 5.41) is 8.84. The molecule has 1 aromatic heterocycles. The third-order valence-corrected chi connectivity index (χ3v) is 3.09. The first-order chi connectivity index (χ1) is 8.22. The van der Waals surface area contributed by atoms with Gasteiger partial charge in [-0.2, -0.15) is 4.98 Å². The van der Waals surface area contributed by atoms with Crippen molar-refractivity contribution in [1.29, 1.82) is 0 Å². The standard InChI is InChI=1S/C11H17FN4O/c12-9-7-14-11(13)15-10(9)16-5-1-3-8(16)4-2-6-17/h7-8,17H,1-6H2,(H2,13,14,15). The number of hydrogen-bond donors (Lipinski definition) is 2. The van der Waals surface area contributed by atoms with Crippen LogP contribution in [0.4, 0.5) is 16.2 Å². The number of aromatic nitrogens is 2. The predicted molar refractivity (Wildman–Crippen MR) is 63.1 cm³/mol. The Hall–Kier alpha value is -1.43. The average Bonchev–Trinajstić information content (AvgIpc) is 2.77. The van der Waals surface area contributed by atoms with Gasteiger partial charge in [0.1, 0.15) is 0 Å². The maximum Gasteiger partial charge on any atom is 0.222 e. The van der Waals surface area contributed by atoms with Crippen LogP contribution in [0, 0.1) is 5.82 Å². The van der Waals surface area contributed by atoms with E-state index >= 15 is 0 Å². The van der Waals surface area contributed by atoms with Crippen LogP contribution in [0.15, 0.2) is 6.20 Å². The highest BCUT2D eigenvalue weighted by molar-refractivity contribution is 5.44. The molecule has 0 amide bonds. The highest BCUT2D eigenvalue weighted by atomic mass is 19.1. The molecular weight excluding hydrogens is 223 g/mol. The highest BCUT2D eigenvalue weighted by Crippen LogP contribution is 2.28. The molecule has 2 heterocycles. The van der Waals surface area contributed by atoms with Crippen molar-refractivity contribution in [2.45, 2.75) is 31.7 Å². The fourth-order valence-electron chi connectivity index (χ4n) is 2.31. The summed E-state index contributed by atoms with van der Waals surface area (Å²) in [6.07, 6.45) is 4.70. The number of nitrogens with zero attached hydrogens (tertiary/aromatic N) is 3. The molecule has 1 unspecified atom stereocenters. The van der Waals surface area contributed by atoms with Gasteiger partial charge in [-0.3, -0.25) is 0 Å². The van der Waals surface area contributed by atoms with E-state index in [1.54, 1.807) is 0 Å². The van der Waals surface area contributed by atoms with Crippen molar-refractivity contribution in [1.82, 2.24) is 9.97 Å². The first-order valence-corrected chi connectivity index (χ1v) is 5.88. The second-order valence-electron chi connectivity index (χ2n) is 4.26. The Kier molecular flexibility index (Phi) is 3.73. The second kappa shape index (κ2) is 5.27. The predicted octanol–water partition coefficient (Wildman–Crippen LogP) is 0.939. The minimum atomic E-state index is -0.435. The minimum absolute atomic E-state index is 0.0919. The molecule has 1 aliphatic rings. The number of aliphatic hydroxyl groups excluding tert-OH is 1. The molecule has 6 heteroatoms. The Bertz CT molecular complexity index is 388. The van der Waals surface area contributed by atoms with Crippen LogP contribution in [-0.2, 0) is 0 Å². The summed E-state index contributed by atoms with van der Waals surface area (Å²) in [7, 11) is 0. The van der Waals surface area contributed by atoms with E-state index in [4.69, 9.17) is 10.8 Å². The summed E-state index contributed by atoms with van der Waals surface area (Å²) in [6, 6.07) is 0.242. The molecule has 0 spiro atoms. The lowest BCUT2D eigenvalue weighted by Crippen LogP contribution is -2.31. The maximum absolute atomic E-state index is 13.6. The summed E-state index contributed by atoms with van der Waals surface area (Å²) < 4.78 is 13.6. The summed E-state index contributed by atoms with van der Waals surface area (Å²) >= 11 is 0. The third-order valence-electron chi connectivity index (χ3n) is 3.09. The van der Waals surface area contributed by atoms with Crippen molar-refractivity contribution in [3.05, 3.63) is 12.0 Å².